The van der Waals surface area contributed by atoms with Gasteiger partial charge in [0.2, 0.25) is 0 Å². The van der Waals surface area contributed by atoms with Crippen molar-refractivity contribution in [3.8, 4) is 0 Å². The van der Waals surface area contributed by atoms with Crippen LogP contribution in [0.5, 0.6) is 0 Å². The topological polar surface area (TPSA) is 9.23 Å². The molecular weight excluding hydrogens is 597 g/mol. The molecule has 0 spiro atoms. The van der Waals surface area contributed by atoms with E-state index in [0.717, 1.165) is 22.8 Å². The molecule has 0 amide bonds. The van der Waals surface area contributed by atoms with E-state index in [4.69, 9.17) is 4.74 Å². The summed E-state index contributed by atoms with van der Waals surface area (Å²) in [7, 11) is 0.0936. The Kier molecular flexibility index (Phi) is 8.50. The molecule has 0 bridgehead atoms. The van der Waals surface area contributed by atoms with E-state index in [1.54, 1.807) is 16.7 Å². The fourth-order valence-electron chi connectivity index (χ4n) is 12.5. The quantitative estimate of drug-likeness (QED) is 0.291. The Bertz CT molecular complexity index is 1710. The van der Waals surface area contributed by atoms with Crippen LogP contribution in [-0.2, 0) is 4.74 Å². The Hall–Kier alpha value is -2.58. The molecule has 3 saturated carbocycles. The van der Waals surface area contributed by atoms with Gasteiger partial charge < -0.3 is 4.74 Å². The number of allylic oxidation sites excluding steroid dienone is 7. The van der Waals surface area contributed by atoms with Crippen molar-refractivity contribution in [2.75, 3.05) is 7.11 Å². The monoisotopic (exact) mass is 658 g/mol. The molecule has 8 unspecified atom stereocenters. The molecule has 5 aliphatic rings. The molecule has 48 heavy (non-hydrogen) atoms. The Labute approximate surface area is 294 Å². The lowest BCUT2D eigenvalue weighted by Gasteiger charge is -2.47. The first-order valence-corrected chi connectivity index (χ1v) is 22.4. The van der Waals surface area contributed by atoms with E-state index in [2.05, 4.69) is 124 Å². The van der Waals surface area contributed by atoms with Gasteiger partial charge in [-0.1, -0.05) is 119 Å². The highest BCUT2D eigenvalue weighted by Crippen LogP contribution is 2.67. The lowest BCUT2D eigenvalue weighted by molar-refractivity contribution is 0.274. The van der Waals surface area contributed by atoms with E-state index in [9.17, 15) is 0 Å². The van der Waals surface area contributed by atoms with Crippen molar-refractivity contribution in [3.63, 3.8) is 0 Å². The summed E-state index contributed by atoms with van der Waals surface area (Å²) in [5.74, 6) is 5.05. The molecule has 0 N–H and O–H groups in total. The van der Waals surface area contributed by atoms with Crippen LogP contribution in [0.3, 0.4) is 0 Å². The maximum Gasteiger partial charge on any atom is 0.126 e. The van der Waals surface area contributed by atoms with E-state index < -0.39 is 8.07 Å². The van der Waals surface area contributed by atoms with Gasteiger partial charge in [0.15, 0.2) is 0 Å². The predicted molar refractivity (Wildman–Crippen MR) is 209 cm³/mol. The van der Waals surface area contributed by atoms with E-state index in [1.165, 1.54) is 76.6 Å². The minimum atomic E-state index is -1.82. The highest BCUT2D eigenvalue weighted by atomic mass is 28.3. The first-order valence-electron chi connectivity index (χ1n) is 19.2. The van der Waals surface area contributed by atoms with Crippen LogP contribution in [0.1, 0.15) is 100 Å². The van der Waals surface area contributed by atoms with Crippen molar-refractivity contribution in [2.45, 2.75) is 119 Å². The predicted octanol–water partition coefficient (Wildman–Crippen LogP) is 12.8. The van der Waals surface area contributed by atoms with Crippen molar-refractivity contribution in [2.24, 2.45) is 40.9 Å². The van der Waals surface area contributed by atoms with Gasteiger partial charge in [0.1, 0.15) is 5.76 Å². The zero-order valence-corrected chi connectivity index (χ0v) is 33.2. The summed E-state index contributed by atoms with van der Waals surface area (Å²) in [5, 5.41) is 0. The van der Waals surface area contributed by atoms with Gasteiger partial charge in [-0.05, 0) is 145 Å². The number of aryl methyl sites for hydroxylation is 4. The van der Waals surface area contributed by atoms with Crippen molar-refractivity contribution in [1.82, 2.24) is 0 Å². The van der Waals surface area contributed by atoms with Gasteiger partial charge in [-0.25, -0.2) is 0 Å². The van der Waals surface area contributed by atoms with Gasteiger partial charge in [-0.2, -0.15) is 0 Å². The molecule has 1 nitrogen and oxygen atoms in total. The highest BCUT2D eigenvalue weighted by molar-refractivity contribution is 6.80. The molecule has 0 heterocycles. The second kappa shape index (κ2) is 12.0. The number of hydrogen-bond donors (Lipinski definition) is 0. The summed E-state index contributed by atoms with van der Waals surface area (Å²) >= 11 is 0. The third-order valence-electron chi connectivity index (χ3n) is 13.6. The van der Waals surface area contributed by atoms with Gasteiger partial charge in [-0.15, -0.1) is 0 Å². The van der Waals surface area contributed by atoms with Crippen LogP contribution in [-0.4, -0.2) is 15.2 Å². The van der Waals surface area contributed by atoms with Gasteiger partial charge in [0.25, 0.3) is 0 Å². The molecule has 0 aliphatic heterocycles. The van der Waals surface area contributed by atoms with Gasteiger partial charge in [0, 0.05) is 5.57 Å². The molecule has 2 heteroatoms. The third kappa shape index (κ3) is 5.48. The van der Waals surface area contributed by atoms with Gasteiger partial charge in [0.05, 0.1) is 15.2 Å². The Balaban J connectivity index is 1.32. The molecule has 8 atom stereocenters. The average molecular weight is 659 g/mol. The summed E-state index contributed by atoms with van der Waals surface area (Å²) in [6, 6.07) is 14.6. The number of methoxy groups -OCH3 is 1. The summed E-state index contributed by atoms with van der Waals surface area (Å²) in [5.41, 5.74) is 18.1. The molecule has 2 aromatic rings. The standard InChI is InChI=1S/C46H62OSi/c1-26-16-27(2)19-33(18-26)41-35-15-13-14-32(35)24-38-36(41)22-30(5)44(38)48(11,12)45-31(6)23-37-39(45)25-40(46(7,8)9)43(47-10)42(37)34-20-28(3)17-29(4)21-34/h16-21,24-25,30-31,36-39,44-45H,13-15,22-23H2,1-12H3. The van der Waals surface area contributed by atoms with E-state index >= 15 is 0 Å². The number of hydrogen-bond acceptors (Lipinski definition) is 1. The van der Waals surface area contributed by atoms with E-state index in [0.29, 0.717) is 29.6 Å². The summed E-state index contributed by atoms with van der Waals surface area (Å²) in [6.07, 6.45) is 12.1. The number of rotatable bonds is 5. The minimum absolute atomic E-state index is 0.0204. The Morgan fingerprint density at radius 2 is 1.15 bits per heavy atom. The van der Waals surface area contributed by atoms with Crippen molar-refractivity contribution >= 4 is 19.2 Å². The molecule has 7 rings (SSSR count). The minimum Gasteiger partial charge on any atom is -0.496 e. The Morgan fingerprint density at radius 3 is 1.65 bits per heavy atom. The summed E-state index contributed by atoms with van der Waals surface area (Å²) in [6.45, 7) is 27.2. The number of ether oxygens (including phenoxy) is 1. The molecule has 256 valence electrons. The van der Waals surface area contributed by atoms with Crippen LogP contribution in [0.2, 0.25) is 24.2 Å². The molecule has 3 fully saturated rings. The van der Waals surface area contributed by atoms with Gasteiger partial charge in [-0.3, -0.25) is 0 Å². The van der Waals surface area contributed by atoms with Crippen molar-refractivity contribution < 1.29 is 4.74 Å². The van der Waals surface area contributed by atoms with E-state index in [1.807, 2.05) is 7.11 Å². The Morgan fingerprint density at radius 1 is 0.667 bits per heavy atom. The van der Waals surface area contributed by atoms with Crippen LogP contribution in [0.25, 0.3) is 11.1 Å². The number of fused-ring (bicyclic) bond motifs is 3. The van der Waals surface area contributed by atoms with Crippen LogP contribution >= 0.6 is 0 Å². The molecule has 0 aromatic heterocycles. The zero-order valence-electron chi connectivity index (χ0n) is 32.2. The van der Waals surface area contributed by atoms with Crippen LogP contribution in [0.4, 0.5) is 0 Å². The fraction of sp³-hybridized carbons (Fsp3) is 0.565. The van der Waals surface area contributed by atoms with E-state index in [-0.39, 0.29) is 5.41 Å². The largest absolute Gasteiger partial charge is 0.496 e. The first-order chi connectivity index (χ1) is 22.6. The second-order valence-corrected chi connectivity index (χ2v) is 23.6. The third-order valence-corrected chi connectivity index (χ3v) is 18.9. The van der Waals surface area contributed by atoms with Crippen molar-refractivity contribution in [3.05, 3.63) is 104 Å². The summed E-state index contributed by atoms with van der Waals surface area (Å²) in [4.78, 5) is 0. The maximum atomic E-state index is 6.45. The fourth-order valence-corrected chi connectivity index (χ4v) is 18.8. The average Bonchev–Trinajstić information content (AvgIpc) is 3.67. The van der Waals surface area contributed by atoms with Crippen LogP contribution in [0.15, 0.2) is 71.0 Å². The molecule has 2 aromatic carbocycles. The van der Waals surface area contributed by atoms with Crippen molar-refractivity contribution in [1.29, 1.82) is 0 Å². The smallest absolute Gasteiger partial charge is 0.126 e. The highest BCUT2D eigenvalue weighted by Gasteiger charge is 2.59. The van der Waals surface area contributed by atoms with Crippen LogP contribution < -0.4 is 0 Å². The SMILES string of the molecule is COC1=C(c2cc(C)cc(C)c2)C2CC(C)C([Si](C)(C)C3C(C)CC4C(c5cc(C)cc(C)c5)=C5CCCC5=CC43)C2C=C1C(C)(C)C. The lowest BCUT2D eigenvalue weighted by Crippen LogP contribution is -2.46. The molecule has 0 saturated heterocycles. The maximum absolute atomic E-state index is 6.45. The van der Waals surface area contributed by atoms with Crippen LogP contribution in [0, 0.1) is 68.6 Å². The second-order valence-electron chi connectivity index (χ2n) is 18.6. The zero-order chi connectivity index (χ0) is 34.4. The molecule has 5 aliphatic carbocycles. The molecule has 0 radical (unpaired) electrons. The first kappa shape index (κ1) is 33.9. The van der Waals surface area contributed by atoms with Gasteiger partial charge >= 0.3 is 0 Å². The molecular formula is C46H62OSi. The normalized spacial score (nSPS) is 31.8. The number of benzene rings is 2. The summed E-state index contributed by atoms with van der Waals surface area (Å²) < 4.78 is 6.45. The lowest BCUT2D eigenvalue weighted by atomic mass is 9.72.